The van der Waals surface area contributed by atoms with Gasteiger partial charge in [0.2, 0.25) is 0 Å². The van der Waals surface area contributed by atoms with Crippen molar-refractivity contribution in [2.45, 2.75) is 12.8 Å². The lowest BCUT2D eigenvalue weighted by Gasteiger charge is -2.14. The van der Waals surface area contributed by atoms with Crippen molar-refractivity contribution >= 4 is 38.3 Å². The van der Waals surface area contributed by atoms with Crippen molar-refractivity contribution in [1.29, 1.82) is 0 Å². The smallest absolute Gasteiger partial charge is 0.164 e. The minimum absolute atomic E-state index is 0.589. The molecular weight excluding hydrogens is 719 g/mol. The van der Waals surface area contributed by atoms with Gasteiger partial charge in [0.15, 0.2) is 17.5 Å². The summed E-state index contributed by atoms with van der Waals surface area (Å²) in [5.41, 5.74) is 13.6. The van der Waals surface area contributed by atoms with E-state index >= 15 is 0 Å². The molecule has 0 fully saturated rings. The van der Waals surface area contributed by atoms with Crippen LogP contribution in [0.15, 0.2) is 205 Å². The number of allylic oxidation sites excluding steroid dienone is 4. The van der Waals surface area contributed by atoms with Crippen molar-refractivity contribution in [3.05, 3.63) is 206 Å². The van der Waals surface area contributed by atoms with Crippen LogP contribution in [0.1, 0.15) is 18.4 Å². The highest BCUT2D eigenvalue weighted by molar-refractivity contribution is 6.18. The molecule has 1 aliphatic rings. The lowest BCUT2D eigenvalue weighted by Crippen LogP contribution is -2.01. The van der Waals surface area contributed by atoms with Crippen molar-refractivity contribution in [2.75, 3.05) is 0 Å². The van der Waals surface area contributed by atoms with Crippen LogP contribution in [-0.2, 0) is 0 Å². The average Bonchev–Trinajstić information content (AvgIpc) is 3.72. The second kappa shape index (κ2) is 14.7. The Labute approximate surface area is 342 Å². The summed E-state index contributed by atoms with van der Waals surface area (Å²) >= 11 is 0. The molecule has 0 radical (unpaired) electrons. The Bertz CT molecular complexity index is 3230. The van der Waals surface area contributed by atoms with Gasteiger partial charge < -0.3 is 4.42 Å². The van der Waals surface area contributed by atoms with E-state index in [4.69, 9.17) is 19.4 Å². The van der Waals surface area contributed by atoms with Gasteiger partial charge in [-0.05, 0) is 80.8 Å². The van der Waals surface area contributed by atoms with Crippen LogP contribution in [0.5, 0.6) is 0 Å². The summed E-state index contributed by atoms with van der Waals surface area (Å²) < 4.78 is 6.84. The maximum Gasteiger partial charge on any atom is 0.164 e. The second-order valence-corrected chi connectivity index (χ2v) is 15.0. The fourth-order valence-corrected chi connectivity index (χ4v) is 8.48. The van der Waals surface area contributed by atoms with Crippen LogP contribution in [0.4, 0.5) is 0 Å². The molecule has 0 bridgehead atoms. The molecular formula is C55H37N3O. The minimum atomic E-state index is 0.589. The van der Waals surface area contributed by atoms with E-state index in [0.717, 1.165) is 79.1 Å². The van der Waals surface area contributed by atoms with Crippen LogP contribution >= 0.6 is 0 Å². The molecule has 4 heteroatoms. The van der Waals surface area contributed by atoms with E-state index in [1.807, 2.05) is 18.2 Å². The largest absolute Gasteiger partial charge is 0.455 e. The van der Waals surface area contributed by atoms with Gasteiger partial charge in [0.1, 0.15) is 11.2 Å². The van der Waals surface area contributed by atoms with Gasteiger partial charge in [0, 0.05) is 33.0 Å². The van der Waals surface area contributed by atoms with Crippen LogP contribution in [0.2, 0.25) is 0 Å². The van der Waals surface area contributed by atoms with Crippen molar-refractivity contribution in [3.8, 4) is 67.5 Å². The molecule has 0 aliphatic heterocycles. The van der Waals surface area contributed by atoms with E-state index in [1.165, 1.54) is 27.6 Å². The number of nitrogens with zero attached hydrogens (tertiary/aromatic N) is 3. The molecule has 0 spiro atoms. The SMILES string of the molecule is C1=CC(c2ccc(-c3nc(-c4ccc(-c5ccccc5)cc4)nc(-c4ccc(-c5cccc6c(-c7ccccc7)cccc56)c5oc6ccccc6c45)n3)cc2)=CCC1. The van der Waals surface area contributed by atoms with Crippen LogP contribution in [-0.4, -0.2) is 15.0 Å². The van der Waals surface area contributed by atoms with Gasteiger partial charge in [-0.3, -0.25) is 0 Å². The molecule has 2 heterocycles. The fourth-order valence-electron chi connectivity index (χ4n) is 8.48. The molecule has 278 valence electrons. The molecule has 4 nitrogen and oxygen atoms in total. The zero-order valence-electron chi connectivity index (χ0n) is 32.2. The highest BCUT2D eigenvalue weighted by Crippen LogP contribution is 2.44. The number of hydrogen-bond donors (Lipinski definition) is 0. The molecule has 10 aromatic rings. The molecule has 8 aromatic carbocycles. The van der Waals surface area contributed by atoms with E-state index in [9.17, 15) is 0 Å². The Hall–Kier alpha value is -7.69. The number of hydrogen-bond acceptors (Lipinski definition) is 4. The molecule has 1 aliphatic carbocycles. The number of furan rings is 1. The predicted molar refractivity (Wildman–Crippen MR) is 244 cm³/mol. The topological polar surface area (TPSA) is 51.8 Å². The van der Waals surface area contributed by atoms with Gasteiger partial charge in [-0.25, -0.2) is 15.0 Å². The van der Waals surface area contributed by atoms with Crippen LogP contribution in [0.25, 0.3) is 106 Å². The van der Waals surface area contributed by atoms with E-state index in [1.54, 1.807) is 0 Å². The van der Waals surface area contributed by atoms with E-state index in [2.05, 4.69) is 182 Å². The van der Waals surface area contributed by atoms with Crippen LogP contribution < -0.4 is 0 Å². The van der Waals surface area contributed by atoms with Crippen LogP contribution in [0.3, 0.4) is 0 Å². The summed E-state index contributed by atoms with van der Waals surface area (Å²) in [6.45, 7) is 0. The van der Waals surface area contributed by atoms with Crippen molar-refractivity contribution < 1.29 is 4.42 Å². The quantitative estimate of drug-likeness (QED) is 0.163. The Morgan fingerprint density at radius 1 is 0.356 bits per heavy atom. The molecule has 0 amide bonds. The molecule has 59 heavy (non-hydrogen) atoms. The van der Waals surface area contributed by atoms with E-state index in [-0.39, 0.29) is 0 Å². The molecule has 0 unspecified atom stereocenters. The Morgan fingerprint density at radius 2 is 0.898 bits per heavy atom. The minimum Gasteiger partial charge on any atom is -0.455 e. The zero-order valence-corrected chi connectivity index (χ0v) is 32.2. The number of benzene rings is 8. The summed E-state index contributed by atoms with van der Waals surface area (Å²) in [6.07, 6.45) is 8.90. The van der Waals surface area contributed by atoms with Crippen LogP contribution in [0, 0.1) is 0 Å². The number of aromatic nitrogens is 3. The third kappa shape index (κ3) is 6.32. The molecule has 2 aromatic heterocycles. The Kier molecular flexibility index (Phi) is 8.59. The fraction of sp³-hybridized carbons (Fsp3) is 0.0364. The Balaban J connectivity index is 1.10. The Morgan fingerprint density at radius 3 is 1.59 bits per heavy atom. The molecule has 11 rings (SSSR count). The summed E-state index contributed by atoms with van der Waals surface area (Å²) in [6, 6.07) is 63.7. The van der Waals surface area contributed by atoms with Gasteiger partial charge in [-0.1, -0.05) is 182 Å². The first-order valence-electron chi connectivity index (χ1n) is 20.2. The maximum absolute atomic E-state index is 6.84. The lowest BCUT2D eigenvalue weighted by atomic mass is 9.91. The van der Waals surface area contributed by atoms with E-state index < -0.39 is 0 Å². The molecule has 0 saturated heterocycles. The monoisotopic (exact) mass is 755 g/mol. The summed E-state index contributed by atoms with van der Waals surface area (Å²) in [5.74, 6) is 1.81. The second-order valence-electron chi connectivity index (χ2n) is 15.0. The van der Waals surface area contributed by atoms with Gasteiger partial charge in [-0.2, -0.15) is 0 Å². The van der Waals surface area contributed by atoms with Crippen molar-refractivity contribution in [1.82, 2.24) is 15.0 Å². The first-order chi connectivity index (χ1) is 29.2. The predicted octanol–water partition coefficient (Wildman–Crippen LogP) is 14.7. The number of rotatable bonds is 7. The first kappa shape index (κ1) is 34.5. The van der Waals surface area contributed by atoms with E-state index in [0.29, 0.717) is 17.5 Å². The number of para-hydroxylation sites is 1. The van der Waals surface area contributed by atoms with Crippen molar-refractivity contribution in [2.24, 2.45) is 0 Å². The van der Waals surface area contributed by atoms with Gasteiger partial charge in [0.05, 0.1) is 0 Å². The highest BCUT2D eigenvalue weighted by Gasteiger charge is 2.22. The lowest BCUT2D eigenvalue weighted by molar-refractivity contribution is 0.670. The number of fused-ring (bicyclic) bond motifs is 4. The van der Waals surface area contributed by atoms with Gasteiger partial charge >= 0.3 is 0 Å². The maximum atomic E-state index is 6.84. The molecule has 0 atom stereocenters. The van der Waals surface area contributed by atoms with Gasteiger partial charge in [-0.15, -0.1) is 0 Å². The third-order valence-electron chi connectivity index (χ3n) is 11.4. The standard InChI is InChI=1S/C55H37N3O/c1-4-14-36(15-5-1)38-26-30-41(31-27-38)53-56-54(42-32-28-39(29-33-42)37-16-6-2-7-17-37)58-55(57-53)49-35-34-47(52-51(49)48-20-10-11-25-50(48)59-52)46-24-13-22-44-43(21-12-23-45(44)46)40-18-8-3-9-19-40/h1,3-6,8-35H,2,7H2. The van der Waals surface area contributed by atoms with Crippen molar-refractivity contribution in [3.63, 3.8) is 0 Å². The summed E-state index contributed by atoms with van der Waals surface area (Å²) in [5, 5.41) is 4.34. The zero-order chi connectivity index (χ0) is 39.1. The summed E-state index contributed by atoms with van der Waals surface area (Å²) in [4.78, 5) is 15.6. The first-order valence-corrected chi connectivity index (χ1v) is 20.2. The highest BCUT2D eigenvalue weighted by atomic mass is 16.3. The average molecular weight is 756 g/mol. The third-order valence-corrected chi connectivity index (χ3v) is 11.4. The molecule has 0 saturated carbocycles. The summed E-state index contributed by atoms with van der Waals surface area (Å²) in [7, 11) is 0. The molecule has 0 N–H and O–H groups in total. The van der Waals surface area contributed by atoms with Gasteiger partial charge in [0.25, 0.3) is 0 Å². The normalized spacial score (nSPS) is 12.6.